The predicted molar refractivity (Wildman–Crippen MR) is 52.3 cm³/mol. The molecule has 0 aromatic heterocycles. The van der Waals surface area contributed by atoms with E-state index in [9.17, 15) is 9.59 Å². The van der Waals surface area contributed by atoms with E-state index in [4.69, 9.17) is 14.2 Å². The van der Waals surface area contributed by atoms with Gasteiger partial charge in [0.25, 0.3) is 12.9 Å². The fraction of sp³-hybridized carbons (Fsp3) is 0.800. The van der Waals surface area contributed by atoms with Crippen molar-refractivity contribution in [3.05, 3.63) is 0 Å². The second-order valence-electron chi connectivity index (χ2n) is 4.28. The third-order valence-corrected chi connectivity index (χ3v) is 3.47. The summed E-state index contributed by atoms with van der Waals surface area (Å²) in [6, 6.07) is 0. The molecule has 2 aliphatic rings. The molecule has 6 heteroatoms. The van der Waals surface area contributed by atoms with Crippen molar-refractivity contribution in [1.29, 1.82) is 0 Å². The molecule has 2 saturated heterocycles. The highest BCUT2D eigenvalue weighted by atomic mass is 16.6. The Kier molecular flexibility index (Phi) is 3.11. The van der Waals surface area contributed by atoms with Crippen LogP contribution < -0.4 is 5.32 Å². The Labute approximate surface area is 93.2 Å². The van der Waals surface area contributed by atoms with Gasteiger partial charge in [0.15, 0.2) is 11.8 Å². The molecule has 0 bridgehead atoms. The summed E-state index contributed by atoms with van der Waals surface area (Å²) < 4.78 is 15.5. The summed E-state index contributed by atoms with van der Waals surface area (Å²) in [5, 5.41) is 3.07. The molecule has 0 aromatic carbocycles. The highest BCUT2D eigenvalue weighted by Gasteiger charge is 2.59. The first kappa shape index (κ1) is 11.3. The number of hydrogen-bond acceptors (Lipinski definition) is 6. The van der Waals surface area contributed by atoms with Gasteiger partial charge in [-0.25, -0.2) is 0 Å². The minimum atomic E-state index is -0.721. The maximum Gasteiger partial charge on any atom is 0.294 e. The summed E-state index contributed by atoms with van der Waals surface area (Å²) >= 11 is 0. The van der Waals surface area contributed by atoms with Gasteiger partial charge in [0.05, 0.1) is 6.61 Å². The van der Waals surface area contributed by atoms with E-state index in [2.05, 4.69) is 12.2 Å². The van der Waals surface area contributed by atoms with Gasteiger partial charge in [-0.05, 0) is 5.92 Å². The molecule has 2 heterocycles. The van der Waals surface area contributed by atoms with Crippen molar-refractivity contribution >= 4 is 12.9 Å². The van der Waals surface area contributed by atoms with E-state index < -0.39 is 11.8 Å². The van der Waals surface area contributed by atoms with Gasteiger partial charge in [-0.2, -0.15) is 0 Å². The molecule has 4 atom stereocenters. The molecule has 2 rings (SSSR count). The van der Waals surface area contributed by atoms with Crippen LogP contribution in [-0.2, 0) is 23.8 Å². The van der Waals surface area contributed by atoms with Crippen molar-refractivity contribution in [3.63, 3.8) is 0 Å². The Morgan fingerprint density at radius 1 is 1.50 bits per heavy atom. The zero-order chi connectivity index (χ0) is 11.6. The van der Waals surface area contributed by atoms with Gasteiger partial charge in [-0.3, -0.25) is 14.9 Å². The predicted octanol–water partition coefficient (Wildman–Crippen LogP) is -0.717. The number of carbonyl (C=O) groups excluding carboxylic acids is 2. The van der Waals surface area contributed by atoms with Crippen LogP contribution in [0.25, 0.3) is 0 Å². The van der Waals surface area contributed by atoms with Gasteiger partial charge in [0, 0.05) is 12.5 Å². The number of hydrogen-bond donors (Lipinski definition) is 1. The van der Waals surface area contributed by atoms with Crippen LogP contribution in [0.4, 0.5) is 0 Å². The summed E-state index contributed by atoms with van der Waals surface area (Å²) in [6.45, 7) is 4.23. The fourth-order valence-electron chi connectivity index (χ4n) is 2.65. The van der Waals surface area contributed by atoms with Crippen LogP contribution in [0.1, 0.15) is 6.92 Å². The Hall–Kier alpha value is -1.14. The smallest absolute Gasteiger partial charge is 0.294 e. The van der Waals surface area contributed by atoms with Crippen LogP contribution in [-0.4, -0.2) is 44.5 Å². The Bertz CT molecular complexity index is 284. The topological polar surface area (TPSA) is 73.9 Å². The molecule has 2 aliphatic heterocycles. The van der Waals surface area contributed by atoms with E-state index in [1.54, 1.807) is 0 Å². The number of rotatable bonds is 5. The van der Waals surface area contributed by atoms with E-state index >= 15 is 0 Å². The summed E-state index contributed by atoms with van der Waals surface area (Å²) in [4.78, 5) is 20.7. The molecule has 16 heavy (non-hydrogen) atoms. The molecule has 0 aromatic rings. The van der Waals surface area contributed by atoms with Crippen molar-refractivity contribution in [1.82, 2.24) is 5.32 Å². The van der Waals surface area contributed by atoms with E-state index in [0.717, 1.165) is 0 Å². The molecule has 4 unspecified atom stereocenters. The zero-order valence-electron chi connectivity index (χ0n) is 9.05. The molecule has 0 saturated carbocycles. The van der Waals surface area contributed by atoms with Crippen LogP contribution >= 0.6 is 0 Å². The van der Waals surface area contributed by atoms with Gasteiger partial charge in [0.1, 0.15) is 6.61 Å². The van der Waals surface area contributed by atoms with Crippen molar-refractivity contribution in [2.75, 3.05) is 19.8 Å². The van der Waals surface area contributed by atoms with Gasteiger partial charge >= 0.3 is 0 Å². The largest absolute Gasteiger partial charge is 0.465 e. The SMILES string of the molecule is CC1COC2(COC=O)C(OC=O)NCC12. The van der Waals surface area contributed by atoms with Crippen molar-refractivity contribution in [2.45, 2.75) is 18.8 Å². The lowest BCUT2D eigenvalue weighted by molar-refractivity contribution is -0.167. The lowest BCUT2D eigenvalue weighted by Crippen LogP contribution is -2.50. The van der Waals surface area contributed by atoms with Crippen LogP contribution in [0.15, 0.2) is 0 Å². The zero-order valence-corrected chi connectivity index (χ0v) is 9.05. The average molecular weight is 229 g/mol. The lowest BCUT2D eigenvalue weighted by Gasteiger charge is -2.31. The van der Waals surface area contributed by atoms with Gasteiger partial charge in [0.2, 0.25) is 0 Å². The quantitative estimate of drug-likeness (QED) is 0.627. The van der Waals surface area contributed by atoms with E-state index in [-0.39, 0.29) is 12.5 Å². The minimum Gasteiger partial charge on any atom is -0.465 e. The summed E-state index contributed by atoms with van der Waals surface area (Å²) in [7, 11) is 0. The van der Waals surface area contributed by atoms with Gasteiger partial charge in [-0.15, -0.1) is 0 Å². The first-order valence-electron chi connectivity index (χ1n) is 5.26. The molecule has 0 radical (unpaired) electrons. The number of carbonyl (C=O) groups is 2. The Morgan fingerprint density at radius 2 is 2.31 bits per heavy atom. The minimum absolute atomic E-state index is 0.108. The third kappa shape index (κ3) is 1.58. The standard InChI is InChI=1S/C10H15NO5/c1-7-3-16-10(4-14-5-12)8(7)2-11-9(10)15-6-13/h5-9,11H,2-4H2,1H3. The maximum atomic E-state index is 10.4. The first-order valence-corrected chi connectivity index (χ1v) is 5.26. The van der Waals surface area contributed by atoms with Crippen LogP contribution in [0, 0.1) is 11.8 Å². The molecular weight excluding hydrogens is 214 g/mol. The number of nitrogens with one attached hydrogen (secondary N) is 1. The maximum absolute atomic E-state index is 10.4. The highest BCUT2D eigenvalue weighted by Crippen LogP contribution is 2.42. The van der Waals surface area contributed by atoms with Crippen LogP contribution in [0.3, 0.4) is 0 Å². The first-order chi connectivity index (χ1) is 7.74. The molecule has 0 aliphatic carbocycles. The monoisotopic (exact) mass is 229 g/mol. The molecule has 90 valence electrons. The molecule has 2 fully saturated rings. The molecule has 0 spiro atoms. The summed E-state index contributed by atoms with van der Waals surface area (Å²) in [5.74, 6) is 0.542. The highest BCUT2D eigenvalue weighted by molar-refractivity contribution is 5.39. The second-order valence-corrected chi connectivity index (χ2v) is 4.28. The Balaban J connectivity index is 2.17. The fourth-order valence-corrected chi connectivity index (χ4v) is 2.65. The Morgan fingerprint density at radius 3 is 3.00 bits per heavy atom. The van der Waals surface area contributed by atoms with E-state index in [1.807, 2.05) is 0 Å². The van der Waals surface area contributed by atoms with Gasteiger partial charge in [-0.1, -0.05) is 6.92 Å². The third-order valence-electron chi connectivity index (χ3n) is 3.47. The van der Waals surface area contributed by atoms with Crippen molar-refractivity contribution in [2.24, 2.45) is 11.8 Å². The van der Waals surface area contributed by atoms with E-state index in [1.165, 1.54) is 0 Å². The van der Waals surface area contributed by atoms with Gasteiger partial charge < -0.3 is 14.2 Å². The molecule has 6 nitrogen and oxygen atoms in total. The second kappa shape index (κ2) is 4.39. The van der Waals surface area contributed by atoms with Crippen molar-refractivity contribution in [3.8, 4) is 0 Å². The van der Waals surface area contributed by atoms with Crippen LogP contribution in [0.5, 0.6) is 0 Å². The van der Waals surface area contributed by atoms with Crippen LogP contribution in [0.2, 0.25) is 0 Å². The lowest BCUT2D eigenvalue weighted by atomic mass is 9.84. The molecule has 0 amide bonds. The normalized spacial score (nSPS) is 41.4. The van der Waals surface area contributed by atoms with E-state index in [0.29, 0.717) is 32.0 Å². The molecule has 1 N–H and O–H groups in total. The number of ether oxygens (including phenoxy) is 3. The molecular formula is C10H15NO5. The number of fused-ring (bicyclic) bond motifs is 1. The summed E-state index contributed by atoms with van der Waals surface area (Å²) in [5.41, 5.74) is -0.721. The summed E-state index contributed by atoms with van der Waals surface area (Å²) in [6.07, 6.45) is -0.542. The van der Waals surface area contributed by atoms with Crippen molar-refractivity contribution < 1.29 is 23.8 Å². The average Bonchev–Trinajstić information content (AvgIpc) is 2.78.